The third-order valence-corrected chi connectivity index (χ3v) is 9.16. The van der Waals surface area contributed by atoms with Crippen molar-refractivity contribution >= 4 is 44.3 Å². The van der Waals surface area contributed by atoms with Crippen LogP contribution >= 0.6 is 21.6 Å². The predicted octanol–water partition coefficient (Wildman–Crippen LogP) is 5.65. The molecule has 0 amide bonds. The molecule has 2 aliphatic rings. The first-order chi connectivity index (χ1) is 12.4. The summed E-state index contributed by atoms with van der Waals surface area (Å²) in [5.41, 5.74) is 4.74. The highest BCUT2D eigenvalue weighted by molar-refractivity contribution is 8.77. The summed E-state index contributed by atoms with van der Waals surface area (Å²) in [7, 11) is 3.86. The normalized spacial score (nSPS) is 16.9. The summed E-state index contributed by atoms with van der Waals surface area (Å²) >= 11 is 0. The summed E-state index contributed by atoms with van der Waals surface area (Å²) in [6.07, 6.45) is 0.407. The van der Waals surface area contributed by atoms with Gasteiger partial charge >= 0.3 is 0 Å². The Bertz CT molecular complexity index is 688. The Morgan fingerprint density at radius 3 is 1.12 bits per heavy atom. The van der Waals surface area contributed by atoms with E-state index in [4.69, 9.17) is 0 Å². The minimum absolute atomic E-state index is 0.0203. The first-order valence-electron chi connectivity index (χ1n) is 8.96. The van der Waals surface area contributed by atoms with Crippen LogP contribution in [0.25, 0.3) is 0 Å². The Morgan fingerprint density at radius 2 is 0.846 bits per heavy atom. The lowest BCUT2D eigenvalue weighted by Crippen LogP contribution is -2.44. The molecule has 4 N–H and O–H groups in total. The van der Waals surface area contributed by atoms with E-state index in [0.29, 0.717) is 0 Å². The molecule has 0 saturated carbocycles. The molecule has 138 valence electrons. The maximum absolute atomic E-state index is 3.62. The molecule has 0 radical (unpaired) electrons. The Balaban J connectivity index is 1.39. The average Bonchev–Trinajstić information content (AvgIpc) is 3.25. The van der Waals surface area contributed by atoms with E-state index in [9.17, 15) is 0 Å². The second-order valence-electron chi connectivity index (χ2n) is 7.91. The number of anilines is 4. The molecule has 26 heavy (non-hydrogen) atoms. The summed E-state index contributed by atoms with van der Waals surface area (Å²) < 4.78 is 0.0405. The van der Waals surface area contributed by atoms with Crippen LogP contribution in [0.4, 0.5) is 22.7 Å². The minimum Gasteiger partial charge on any atom is -0.363 e. The van der Waals surface area contributed by atoms with Crippen molar-refractivity contribution in [1.29, 1.82) is 0 Å². The van der Waals surface area contributed by atoms with Gasteiger partial charge < -0.3 is 21.3 Å². The fourth-order valence-corrected chi connectivity index (χ4v) is 5.89. The minimum atomic E-state index is 0.0203. The highest BCUT2D eigenvalue weighted by Crippen LogP contribution is 2.50. The lowest BCUT2D eigenvalue weighted by atomic mass is 10.1. The average molecular weight is 387 g/mol. The summed E-state index contributed by atoms with van der Waals surface area (Å²) in [5, 5.41) is 14.5. The van der Waals surface area contributed by atoms with Gasteiger partial charge in [0.15, 0.2) is 0 Å². The third kappa shape index (κ3) is 3.32. The largest absolute Gasteiger partial charge is 0.363 e. The summed E-state index contributed by atoms with van der Waals surface area (Å²) in [4.78, 5) is 0. The lowest BCUT2D eigenvalue weighted by molar-refractivity contribution is 0.632. The van der Waals surface area contributed by atoms with Gasteiger partial charge in [-0.3, -0.25) is 0 Å². The third-order valence-electron chi connectivity index (χ3n) is 4.92. The van der Waals surface area contributed by atoms with Crippen molar-refractivity contribution in [3.8, 4) is 0 Å². The number of rotatable bonds is 5. The number of nitrogens with one attached hydrogen (secondary N) is 4. The van der Waals surface area contributed by atoms with E-state index in [1.807, 2.05) is 21.6 Å². The van der Waals surface area contributed by atoms with Crippen LogP contribution < -0.4 is 21.3 Å². The van der Waals surface area contributed by atoms with Crippen LogP contribution in [-0.2, 0) is 0 Å². The molecule has 2 aliphatic heterocycles. The number of hydrogen-bond donors (Lipinski definition) is 4. The number of hydrogen-bond acceptors (Lipinski definition) is 6. The summed E-state index contributed by atoms with van der Waals surface area (Å²) in [6.45, 7) is 9.17. The molecule has 6 heteroatoms. The van der Waals surface area contributed by atoms with Crippen molar-refractivity contribution in [2.75, 3.05) is 21.3 Å². The molecule has 0 saturated heterocycles. The molecule has 2 aromatic rings. The van der Waals surface area contributed by atoms with E-state index in [2.05, 4.69) is 97.5 Å². The first-order valence-corrected chi connectivity index (χ1v) is 11.1. The van der Waals surface area contributed by atoms with Gasteiger partial charge in [-0.25, -0.2) is 0 Å². The van der Waals surface area contributed by atoms with Gasteiger partial charge in [0, 0.05) is 0 Å². The standard InChI is InChI=1S/C20H26N4S2/c1-19(2,17-21-13-9-5-6-10-14(13)22-17)25-26-20(3,4)18-23-15-11-7-8-12-16(15)24-18/h5-12,17-18,21-24H,1-4H3. The quantitative estimate of drug-likeness (QED) is 0.498. The van der Waals surface area contributed by atoms with Crippen molar-refractivity contribution in [2.45, 2.75) is 49.5 Å². The van der Waals surface area contributed by atoms with Crippen molar-refractivity contribution in [3.05, 3.63) is 48.5 Å². The topological polar surface area (TPSA) is 48.1 Å². The molecular formula is C20H26N4S2. The van der Waals surface area contributed by atoms with Gasteiger partial charge in [0.1, 0.15) is 12.3 Å². The second kappa shape index (κ2) is 6.50. The van der Waals surface area contributed by atoms with Crippen LogP contribution in [0.1, 0.15) is 27.7 Å². The van der Waals surface area contributed by atoms with Crippen molar-refractivity contribution in [3.63, 3.8) is 0 Å². The van der Waals surface area contributed by atoms with E-state index in [1.165, 1.54) is 22.7 Å². The SMILES string of the molecule is CC(C)(SSC(C)(C)C1Nc2ccccc2N1)C1Nc2ccccc2N1. The van der Waals surface area contributed by atoms with E-state index >= 15 is 0 Å². The van der Waals surface area contributed by atoms with E-state index in [1.54, 1.807) is 0 Å². The summed E-state index contributed by atoms with van der Waals surface area (Å²) in [6, 6.07) is 16.8. The smallest absolute Gasteiger partial charge is 0.112 e. The lowest BCUT2D eigenvalue weighted by Gasteiger charge is -2.36. The zero-order chi connectivity index (χ0) is 18.4. The Kier molecular flexibility index (Phi) is 4.43. The van der Waals surface area contributed by atoms with Gasteiger partial charge in [0.2, 0.25) is 0 Å². The second-order valence-corrected chi connectivity index (χ2v) is 11.3. The van der Waals surface area contributed by atoms with Crippen LogP contribution in [0.2, 0.25) is 0 Å². The van der Waals surface area contributed by atoms with Gasteiger partial charge in [-0.05, 0) is 52.0 Å². The molecule has 0 atom stereocenters. The van der Waals surface area contributed by atoms with E-state index < -0.39 is 0 Å². The molecule has 0 aliphatic carbocycles. The molecule has 2 heterocycles. The molecule has 4 nitrogen and oxygen atoms in total. The van der Waals surface area contributed by atoms with Gasteiger partial charge in [-0.15, -0.1) is 0 Å². The van der Waals surface area contributed by atoms with E-state index in [0.717, 1.165) is 0 Å². The van der Waals surface area contributed by atoms with Crippen molar-refractivity contribution in [1.82, 2.24) is 0 Å². The fourth-order valence-electron chi connectivity index (χ4n) is 3.17. The van der Waals surface area contributed by atoms with Gasteiger partial charge in [0.05, 0.1) is 32.2 Å². The number of fused-ring (bicyclic) bond motifs is 2. The van der Waals surface area contributed by atoms with Crippen LogP contribution in [0.5, 0.6) is 0 Å². The van der Waals surface area contributed by atoms with Crippen LogP contribution in [0, 0.1) is 0 Å². The van der Waals surface area contributed by atoms with Gasteiger partial charge in [-0.1, -0.05) is 45.9 Å². The van der Waals surface area contributed by atoms with Crippen molar-refractivity contribution in [2.24, 2.45) is 0 Å². The van der Waals surface area contributed by atoms with Crippen LogP contribution in [0.3, 0.4) is 0 Å². The number of benzene rings is 2. The summed E-state index contributed by atoms with van der Waals surface area (Å²) in [5.74, 6) is 0. The number of para-hydroxylation sites is 4. The fraction of sp³-hybridized carbons (Fsp3) is 0.400. The molecule has 0 bridgehead atoms. The highest BCUT2D eigenvalue weighted by Gasteiger charge is 2.40. The molecule has 0 fully saturated rings. The predicted molar refractivity (Wildman–Crippen MR) is 118 cm³/mol. The molecule has 0 aromatic heterocycles. The van der Waals surface area contributed by atoms with Crippen molar-refractivity contribution < 1.29 is 0 Å². The first kappa shape index (κ1) is 17.7. The zero-order valence-electron chi connectivity index (χ0n) is 15.6. The molecule has 4 rings (SSSR count). The zero-order valence-corrected chi connectivity index (χ0v) is 17.2. The maximum atomic E-state index is 3.62. The Hall–Kier alpha value is -1.66. The van der Waals surface area contributed by atoms with Gasteiger partial charge in [-0.2, -0.15) is 0 Å². The molecule has 0 unspecified atom stereocenters. The monoisotopic (exact) mass is 386 g/mol. The molecular weight excluding hydrogens is 360 g/mol. The maximum Gasteiger partial charge on any atom is 0.112 e. The van der Waals surface area contributed by atoms with E-state index in [-0.39, 0.29) is 21.8 Å². The Labute approximate surface area is 163 Å². The van der Waals surface area contributed by atoms with Crippen LogP contribution in [0.15, 0.2) is 48.5 Å². The van der Waals surface area contributed by atoms with Gasteiger partial charge in [0.25, 0.3) is 0 Å². The Morgan fingerprint density at radius 1 is 0.577 bits per heavy atom. The highest BCUT2D eigenvalue weighted by atomic mass is 33.1. The molecule has 2 aromatic carbocycles. The van der Waals surface area contributed by atoms with Crippen LogP contribution in [-0.4, -0.2) is 21.8 Å². The molecule has 0 spiro atoms.